The van der Waals surface area contributed by atoms with Gasteiger partial charge in [0.25, 0.3) is 5.91 Å². The van der Waals surface area contributed by atoms with Crippen LogP contribution in [0.2, 0.25) is 0 Å². The van der Waals surface area contributed by atoms with Crippen LogP contribution in [0.5, 0.6) is 0 Å². The maximum absolute atomic E-state index is 11.6. The van der Waals surface area contributed by atoms with Gasteiger partial charge in [-0.05, 0) is 0 Å². The molecule has 0 aliphatic heterocycles. The summed E-state index contributed by atoms with van der Waals surface area (Å²) in [5.74, 6) is -0.233. The van der Waals surface area contributed by atoms with Crippen LogP contribution >= 0.6 is 0 Å². The Morgan fingerprint density at radius 3 is 3.00 bits per heavy atom. The second-order valence-electron chi connectivity index (χ2n) is 3.29. The molecule has 0 fully saturated rings. The molecule has 1 heterocycles. The van der Waals surface area contributed by atoms with Crippen LogP contribution in [-0.4, -0.2) is 41.8 Å². The average molecular weight is 212 g/mol. The number of carbonyl (C=O) groups excluding carboxylic acids is 1. The lowest BCUT2D eigenvalue weighted by molar-refractivity contribution is 0.0896. The summed E-state index contributed by atoms with van der Waals surface area (Å²) in [6.07, 6.45) is 3.22. The molecule has 1 rings (SSSR count). The van der Waals surface area contributed by atoms with Gasteiger partial charge in [0.1, 0.15) is 5.69 Å². The average Bonchev–Trinajstić information content (AvgIpc) is 2.64. The third-order valence-corrected chi connectivity index (χ3v) is 1.93. The van der Waals surface area contributed by atoms with Crippen LogP contribution in [0.1, 0.15) is 10.5 Å². The third-order valence-electron chi connectivity index (χ3n) is 1.93. The van der Waals surface area contributed by atoms with Gasteiger partial charge in [0.05, 0.1) is 19.0 Å². The van der Waals surface area contributed by atoms with Gasteiger partial charge in [-0.1, -0.05) is 0 Å². The van der Waals surface area contributed by atoms with E-state index in [0.29, 0.717) is 18.8 Å². The summed E-state index contributed by atoms with van der Waals surface area (Å²) in [4.78, 5) is 15.5. The Balaban J connectivity index is 2.54. The molecule has 6 nitrogen and oxygen atoms in total. The van der Waals surface area contributed by atoms with Gasteiger partial charge in [-0.15, -0.1) is 0 Å². The zero-order valence-electron chi connectivity index (χ0n) is 8.93. The van der Waals surface area contributed by atoms with Crippen molar-refractivity contribution in [2.75, 3.05) is 20.3 Å². The Labute approximate surface area is 88.4 Å². The molecule has 0 aliphatic carbocycles. The summed E-state index contributed by atoms with van der Waals surface area (Å²) in [5, 5.41) is 2.73. The first-order valence-corrected chi connectivity index (χ1v) is 4.65. The fourth-order valence-corrected chi connectivity index (χ4v) is 1.16. The smallest absolute Gasteiger partial charge is 0.271 e. The lowest BCUT2D eigenvalue weighted by atomic mass is 10.3. The number of nitrogens with zero attached hydrogens (tertiary/aromatic N) is 2. The van der Waals surface area contributed by atoms with Crippen molar-refractivity contribution in [1.82, 2.24) is 14.9 Å². The zero-order valence-corrected chi connectivity index (χ0v) is 8.93. The molecule has 1 aromatic rings. The van der Waals surface area contributed by atoms with E-state index in [0.717, 1.165) is 0 Å². The van der Waals surface area contributed by atoms with E-state index in [-0.39, 0.29) is 11.9 Å². The Morgan fingerprint density at radius 1 is 1.80 bits per heavy atom. The van der Waals surface area contributed by atoms with Gasteiger partial charge in [-0.3, -0.25) is 4.79 Å². The summed E-state index contributed by atoms with van der Waals surface area (Å²) < 4.78 is 6.63. The van der Waals surface area contributed by atoms with Crippen molar-refractivity contribution < 1.29 is 9.53 Å². The molecule has 0 aromatic carbocycles. The van der Waals surface area contributed by atoms with Crippen molar-refractivity contribution >= 4 is 5.91 Å². The Morgan fingerprint density at radius 2 is 2.53 bits per heavy atom. The fourth-order valence-electron chi connectivity index (χ4n) is 1.16. The van der Waals surface area contributed by atoms with Gasteiger partial charge in [-0.2, -0.15) is 0 Å². The first kappa shape index (κ1) is 11.7. The number of amides is 1. The highest BCUT2D eigenvalue weighted by atomic mass is 16.5. The highest BCUT2D eigenvalue weighted by Gasteiger charge is 2.13. The summed E-state index contributed by atoms with van der Waals surface area (Å²) >= 11 is 0. The maximum Gasteiger partial charge on any atom is 0.271 e. The molecule has 1 unspecified atom stereocenters. The lowest BCUT2D eigenvalue weighted by Crippen LogP contribution is -2.43. The van der Waals surface area contributed by atoms with Gasteiger partial charge in [0.2, 0.25) is 0 Å². The molecule has 0 bridgehead atoms. The zero-order chi connectivity index (χ0) is 11.3. The maximum atomic E-state index is 11.6. The van der Waals surface area contributed by atoms with Crippen LogP contribution in [0.15, 0.2) is 12.5 Å². The molecule has 6 heteroatoms. The molecule has 1 amide bonds. The van der Waals surface area contributed by atoms with Gasteiger partial charge in [-0.25, -0.2) is 4.98 Å². The third kappa shape index (κ3) is 3.34. The van der Waals surface area contributed by atoms with Crippen molar-refractivity contribution in [3.63, 3.8) is 0 Å². The second kappa shape index (κ2) is 5.47. The van der Waals surface area contributed by atoms with Crippen molar-refractivity contribution in [1.29, 1.82) is 0 Å². The molecule has 84 valence electrons. The van der Waals surface area contributed by atoms with Crippen LogP contribution in [0, 0.1) is 0 Å². The van der Waals surface area contributed by atoms with Crippen LogP contribution in [0.3, 0.4) is 0 Å². The van der Waals surface area contributed by atoms with Gasteiger partial charge < -0.3 is 20.4 Å². The highest BCUT2D eigenvalue weighted by Crippen LogP contribution is 1.95. The predicted molar refractivity (Wildman–Crippen MR) is 55.4 cm³/mol. The quantitative estimate of drug-likeness (QED) is 0.664. The predicted octanol–water partition coefficient (Wildman–Crippen LogP) is -0.876. The van der Waals surface area contributed by atoms with E-state index in [1.807, 2.05) is 0 Å². The number of imidazole rings is 1. The standard InChI is InChI=1S/C9H16N4O2/c1-13-4-8(11-6-13)9(14)12-7(3-10)5-15-2/h4,6-7H,3,5,10H2,1-2H3,(H,12,14). The van der Waals surface area contributed by atoms with E-state index in [4.69, 9.17) is 10.5 Å². The number of carbonyl (C=O) groups is 1. The van der Waals surface area contributed by atoms with E-state index < -0.39 is 0 Å². The fraction of sp³-hybridized carbons (Fsp3) is 0.556. The van der Waals surface area contributed by atoms with Crippen molar-refractivity contribution in [3.05, 3.63) is 18.2 Å². The first-order chi connectivity index (χ1) is 7.17. The Bertz CT molecular complexity index is 324. The highest BCUT2D eigenvalue weighted by molar-refractivity contribution is 5.92. The molecule has 1 aromatic heterocycles. The minimum atomic E-state index is -0.233. The van der Waals surface area contributed by atoms with E-state index in [2.05, 4.69) is 10.3 Å². The number of aryl methyl sites for hydroxylation is 1. The number of hydrogen-bond donors (Lipinski definition) is 2. The van der Waals surface area contributed by atoms with E-state index in [1.165, 1.54) is 0 Å². The first-order valence-electron chi connectivity index (χ1n) is 4.65. The van der Waals surface area contributed by atoms with Gasteiger partial charge in [0.15, 0.2) is 0 Å². The Hall–Kier alpha value is -1.40. The molecule has 0 radical (unpaired) electrons. The Kier molecular flexibility index (Phi) is 4.26. The van der Waals surface area contributed by atoms with Gasteiger partial charge >= 0.3 is 0 Å². The van der Waals surface area contributed by atoms with E-state index >= 15 is 0 Å². The minimum Gasteiger partial charge on any atom is -0.383 e. The molecule has 1 atom stereocenters. The normalized spacial score (nSPS) is 12.5. The lowest BCUT2D eigenvalue weighted by Gasteiger charge is -2.14. The van der Waals surface area contributed by atoms with Crippen LogP contribution in [0.4, 0.5) is 0 Å². The molecule has 0 spiro atoms. The second-order valence-corrected chi connectivity index (χ2v) is 3.29. The van der Waals surface area contributed by atoms with Crippen molar-refractivity contribution in [3.8, 4) is 0 Å². The van der Waals surface area contributed by atoms with Crippen LogP contribution in [0.25, 0.3) is 0 Å². The molecule has 0 saturated carbocycles. The molecule has 0 aliphatic rings. The van der Waals surface area contributed by atoms with Crippen molar-refractivity contribution in [2.24, 2.45) is 12.8 Å². The van der Waals surface area contributed by atoms with E-state index in [1.54, 1.807) is 31.2 Å². The summed E-state index contributed by atoms with van der Waals surface area (Å²) in [7, 11) is 3.37. The SMILES string of the molecule is COCC(CN)NC(=O)c1cn(C)cn1. The van der Waals surface area contributed by atoms with E-state index in [9.17, 15) is 4.79 Å². The molecular formula is C9H16N4O2. The topological polar surface area (TPSA) is 82.2 Å². The summed E-state index contributed by atoms with van der Waals surface area (Å²) in [6, 6.07) is -0.176. The van der Waals surface area contributed by atoms with Gasteiger partial charge in [0, 0.05) is 26.9 Å². The van der Waals surface area contributed by atoms with Crippen LogP contribution in [-0.2, 0) is 11.8 Å². The van der Waals surface area contributed by atoms with Crippen LogP contribution < -0.4 is 11.1 Å². The number of nitrogens with one attached hydrogen (secondary N) is 1. The number of ether oxygens (including phenoxy) is 1. The summed E-state index contributed by atoms with van der Waals surface area (Å²) in [6.45, 7) is 0.738. The minimum absolute atomic E-state index is 0.176. The molecule has 0 saturated heterocycles. The monoisotopic (exact) mass is 212 g/mol. The molecule has 15 heavy (non-hydrogen) atoms. The number of aromatic nitrogens is 2. The van der Waals surface area contributed by atoms with Crippen molar-refractivity contribution in [2.45, 2.75) is 6.04 Å². The molecular weight excluding hydrogens is 196 g/mol. The number of rotatable bonds is 5. The number of methoxy groups -OCH3 is 1. The molecule has 3 N–H and O–H groups in total. The number of nitrogens with two attached hydrogens (primary N) is 1. The number of hydrogen-bond acceptors (Lipinski definition) is 4. The largest absolute Gasteiger partial charge is 0.383 e. The summed E-state index contributed by atoms with van der Waals surface area (Å²) in [5.41, 5.74) is 5.85.